The zero-order valence-electron chi connectivity index (χ0n) is 7.72. The van der Waals surface area contributed by atoms with Gasteiger partial charge in [0.25, 0.3) is 0 Å². The number of hydrogen-bond acceptors (Lipinski definition) is 2. The van der Waals surface area contributed by atoms with Gasteiger partial charge < -0.3 is 4.74 Å². The Morgan fingerprint density at radius 3 is 2.86 bits per heavy atom. The van der Waals surface area contributed by atoms with Crippen molar-refractivity contribution in [3.8, 4) is 0 Å². The van der Waals surface area contributed by atoms with Crippen molar-refractivity contribution < 1.29 is 9.53 Å². The summed E-state index contributed by atoms with van der Waals surface area (Å²) in [6.45, 7) is 2.16. The summed E-state index contributed by atoms with van der Waals surface area (Å²) in [5, 5.41) is 0. The summed E-state index contributed by atoms with van der Waals surface area (Å²) in [6.07, 6.45) is 0. The van der Waals surface area contributed by atoms with E-state index in [-0.39, 0.29) is 5.97 Å². The first-order chi connectivity index (χ1) is 6.69. The summed E-state index contributed by atoms with van der Waals surface area (Å²) < 4.78 is 5.77. The maximum absolute atomic E-state index is 11.3. The number of carbonyl (C=O) groups is 1. The zero-order valence-corrected chi connectivity index (χ0v) is 10.1. The van der Waals surface area contributed by atoms with Crippen molar-refractivity contribution in [2.24, 2.45) is 0 Å². The number of halogens is 2. The van der Waals surface area contributed by atoms with Crippen molar-refractivity contribution in [2.75, 3.05) is 6.61 Å². The average Bonchev–Trinajstić information content (AvgIpc) is 2.19. The smallest absolute Gasteiger partial charge is 0.338 e. The van der Waals surface area contributed by atoms with Crippen molar-refractivity contribution in [1.82, 2.24) is 0 Å². The van der Waals surface area contributed by atoms with Crippen molar-refractivity contribution in [2.45, 2.75) is 12.8 Å². The minimum Gasteiger partial charge on any atom is -0.462 e. The Labute approximate surface area is 96.3 Å². The van der Waals surface area contributed by atoms with Crippen LogP contribution in [-0.2, 0) is 10.6 Å². The lowest BCUT2D eigenvalue weighted by atomic mass is 10.1. The molecule has 4 heteroatoms. The number of benzene rings is 1. The third-order valence-electron chi connectivity index (χ3n) is 1.70. The lowest BCUT2D eigenvalue weighted by Gasteiger charge is -2.04. The van der Waals surface area contributed by atoms with Gasteiger partial charge in [0.2, 0.25) is 0 Å². The Bertz CT molecular complexity index is 339. The molecule has 0 heterocycles. The van der Waals surface area contributed by atoms with Gasteiger partial charge in [-0.2, -0.15) is 0 Å². The SMILES string of the molecule is CCOC(=O)c1ccc(Br)c(CCl)c1. The van der Waals surface area contributed by atoms with E-state index in [1.54, 1.807) is 25.1 Å². The molecule has 76 valence electrons. The third-order valence-corrected chi connectivity index (χ3v) is 2.76. The number of ether oxygens (including phenoxy) is 1. The van der Waals surface area contributed by atoms with E-state index in [0.717, 1.165) is 10.0 Å². The molecule has 0 unspecified atom stereocenters. The van der Waals surface area contributed by atoms with Crippen LogP contribution in [0.1, 0.15) is 22.8 Å². The van der Waals surface area contributed by atoms with E-state index in [9.17, 15) is 4.79 Å². The first-order valence-electron chi connectivity index (χ1n) is 4.20. The highest BCUT2D eigenvalue weighted by molar-refractivity contribution is 9.10. The fraction of sp³-hybridized carbons (Fsp3) is 0.300. The molecule has 1 aromatic rings. The summed E-state index contributed by atoms with van der Waals surface area (Å²) >= 11 is 9.05. The fourth-order valence-corrected chi connectivity index (χ4v) is 1.79. The van der Waals surface area contributed by atoms with Gasteiger partial charge in [-0.25, -0.2) is 4.79 Å². The van der Waals surface area contributed by atoms with Gasteiger partial charge in [-0.3, -0.25) is 0 Å². The van der Waals surface area contributed by atoms with Crippen LogP contribution in [0.2, 0.25) is 0 Å². The van der Waals surface area contributed by atoms with Crippen LogP contribution < -0.4 is 0 Å². The topological polar surface area (TPSA) is 26.3 Å². The highest BCUT2D eigenvalue weighted by Gasteiger charge is 2.08. The molecule has 0 saturated heterocycles. The summed E-state index contributed by atoms with van der Waals surface area (Å²) in [4.78, 5) is 11.3. The molecule has 0 aliphatic carbocycles. The quantitative estimate of drug-likeness (QED) is 0.625. The first-order valence-corrected chi connectivity index (χ1v) is 5.53. The highest BCUT2D eigenvalue weighted by Crippen LogP contribution is 2.20. The molecule has 0 aliphatic rings. The molecule has 0 aliphatic heterocycles. The van der Waals surface area contributed by atoms with E-state index in [1.807, 2.05) is 0 Å². The molecular formula is C10H10BrClO2. The van der Waals surface area contributed by atoms with Gasteiger partial charge in [0, 0.05) is 10.4 Å². The molecule has 0 saturated carbocycles. The van der Waals surface area contributed by atoms with Crippen molar-refractivity contribution >= 4 is 33.5 Å². The molecule has 0 amide bonds. The summed E-state index contributed by atoms with van der Waals surface area (Å²) in [5.74, 6) is 0.0553. The van der Waals surface area contributed by atoms with E-state index in [2.05, 4.69) is 15.9 Å². The second-order valence-corrected chi connectivity index (χ2v) is 3.78. The van der Waals surface area contributed by atoms with Gasteiger partial charge >= 0.3 is 5.97 Å². The van der Waals surface area contributed by atoms with Gasteiger partial charge in [-0.05, 0) is 30.7 Å². The molecule has 0 radical (unpaired) electrons. The van der Waals surface area contributed by atoms with Crippen LogP contribution in [0, 0.1) is 0 Å². The van der Waals surface area contributed by atoms with Crippen LogP contribution in [0.5, 0.6) is 0 Å². The van der Waals surface area contributed by atoms with Crippen LogP contribution in [0.4, 0.5) is 0 Å². The molecule has 0 atom stereocenters. The van der Waals surface area contributed by atoms with Gasteiger partial charge in [0.1, 0.15) is 0 Å². The predicted molar refractivity (Wildman–Crippen MR) is 59.7 cm³/mol. The Morgan fingerprint density at radius 1 is 1.57 bits per heavy atom. The zero-order chi connectivity index (χ0) is 10.6. The normalized spacial score (nSPS) is 9.93. The van der Waals surface area contributed by atoms with Crippen molar-refractivity contribution in [3.63, 3.8) is 0 Å². The minimum atomic E-state index is -0.314. The number of carbonyl (C=O) groups excluding carboxylic acids is 1. The van der Waals surface area contributed by atoms with E-state index in [0.29, 0.717) is 18.1 Å². The molecular weight excluding hydrogens is 267 g/mol. The Balaban J connectivity index is 2.94. The fourth-order valence-electron chi connectivity index (χ4n) is 1.02. The Kier molecular flexibility index (Phi) is 4.42. The first kappa shape index (κ1) is 11.5. The second kappa shape index (κ2) is 5.37. The summed E-state index contributed by atoms with van der Waals surface area (Å²) in [6, 6.07) is 5.23. The van der Waals surface area contributed by atoms with Crippen LogP contribution in [0.25, 0.3) is 0 Å². The summed E-state index contributed by atoms with van der Waals surface area (Å²) in [7, 11) is 0. The Morgan fingerprint density at radius 2 is 2.29 bits per heavy atom. The monoisotopic (exact) mass is 276 g/mol. The third kappa shape index (κ3) is 2.72. The highest BCUT2D eigenvalue weighted by atomic mass is 79.9. The van der Waals surface area contributed by atoms with Gasteiger partial charge in [-0.15, -0.1) is 11.6 Å². The molecule has 14 heavy (non-hydrogen) atoms. The van der Waals surface area contributed by atoms with Crippen LogP contribution >= 0.6 is 27.5 Å². The van der Waals surface area contributed by atoms with Crippen molar-refractivity contribution in [3.05, 3.63) is 33.8 Å². The van der Waals surface area contributed by atoms with Gasteiger partial charge in [-0.1, -0.05) is 15.9 Å². The maximum Gasteiger partial charge on any atom is 0.338 e. The molecule has 1 aromatic carbocycles. The second-order valence-electron chi connectivity index (χ2n) is 2.66. The molecule has 0 N–H and O–H groups in total. The lowest BCUT2D eigenvalue weighted by Crippen LogP contribution is -2.04. The average molecular weight is 278 g/mol. The number of alkyl halides is 1. The van der Waals surface area contributed by atoms with E-state index < -0.39 is 0 Å². The number of rotatable bonds is 3. The van der Waals surface area contributed by atoms with Crippen LogP contribution in [0.15, 0.2) is 22.7 Å². The predicted octanol–water partition coefficient (Wildman–Crippen LogP) is 3.36. The summed E-state index contributed by atoms with van der Waals surface area (Å²) in [5.41, 5.74) is 1.42. The van der Waals surface area contributed by atoms with E-state index >= 15 is 0 Å². The van der Waals surface area contributed by atoms with Crippen LogP contribution in [-0.4, -0.2) is 12.6 Å². The molecule has 0 spiro atoms. The molecule has 1 rings (SSSR count). The molecule has 2 nitrogen and oxygen atoms in total. The number of hydrogen-bond donors (Lipinski definition) is 0. The van der Waals surface area contributed by atoms with Crippen LogP contribution in [0.3, 0.4) is 0 Å². The largest absolute Gasteiger partial charge is 0.462 e. The van der Waals surface area contributed by atoms with Gasteiger partial charge in [0.15, 0.2) is 0 Å². The van der Waals surface area contributed by atoms with E-state index in [4.69, 9.17) is 16.3 Å². The standard InChI is InChI=1S/C10H10BrClO2/c1-2-14-10(13)7-3-4-9(11)8(5-7)6-12/h3-5H,2,6H2,1H3. The molecule has 0 fully saturated rings. The molecule has 0 bridgehead atoms. The van der Waals surface area contributed by atoms with E-state index in [1.165, 1.54) is 0 Å². The molecule has 0 aromatic heterocycles. The van der Waals surface area contributed by atoms with Gasteiger partial charge in [0.05, 0.1) is 12.2 Å². The Hall–Kier alpha value is -0.540. The minimum absolute atomic E-state index is 0.314. The lowest BCUT2D eigenvalue weighted by molar-refractivity contribution is 0.0526. The number of esters is 1. The maximum atomic E-state index is 11.3. The van der Waals surface area contributed by atoms with Crippen molar-refractivity contribution in [1.29, 1.82) is 0 Å².